The number of aromatic nitrogens is 2. The number of aryl methyl sites for hydroxylation is 1. The Morgan fingerprint density at radius 2 is 2.17 bits per heavy atom. The second-order valence-electron chi connectivity index (χ2n) is 6.06. The Labute approximate surface area is 145 Å². The fourth-order valence-corrected chi connectivity index (χ4v) is 5.54. The lowest BCUT2D eigenvalue weighted by molar-refractivity contribution is -0.118. The van der Waals surface area contributed by atoms with Crippen molar-refractivity contribution in [1.29, 1.82) is 0 Å². The number of hydrogen-bond donors (Lipinski definition) is 2. The number of hydrazine groups is 1. The summed E-state index contributed by atoms with van der Waals surface area (Å²) in [4.78, 5) is 15.4. The molecule has 3 heterocycles. The lowest BCUT2D eigenvalue weighted by Gasteiger charge is -2.16. The second kappa shape index (κ2) is 6.21. The van der Waals surface area contributed by atoms with Gasteiger partial charge in [-0.3, -0.25) is 15.6 Å². The van der Waals surface area contributed by atoms with Crippen LogP contribution in [-0.4, -0.2) is 35.4 Å². The monoisotopic (exact) mass is 368 g/mol. The zero-order valence-electron chi connectivity index (χ0n) is 13.8. The molecule has 24 heavy (non-hydrogen) atoms. The van der Waals surface area contributed by atoms with Gasteiger partial charge < -0.3 is 4.57 Å². The second-order valence-corrected chi connectivity index (χ2v) is 9.14. The molecule has 1 atom stereocenters. The highest BCUT2D eigenvalue weighted by molar-refractivity contribution is 7.91. The van der Waals surface area contributed by atoms with Gasteiger partial charge in [0.2, 0.25) is 11.0 Å². The van der Waals surface area contributed by atoms with Gasteiger partial charge in [0.15, 0.2) is 9.84 Å². The Hall–Kier alpha value is -1.87. The average molecular weight is 368 g/mol. The number of rotatable bonds is 4. The SMILES string of the molecule is CC(=O)NNc1nc(-c2cc(C)n([C@@H]3CCS(=O)(=O)C3)c2C)cs1. The van der Waals surface area contributed by atoms with E-state index >= 15 is 0 Å². The molecule has 1 aliphatic heterocycles. The van der Waals surface area contributed by atoms with Gasteiger partial charge in [0.25, 0.3) is 0 Å². The largest absolute Gasteiger partial charge is 0.344 e. The number of nitrogens with one attached hydrogen (secondary N) is 2. The highest BCUT2D eigenvalue weighted by Crippen LogP contribution is 2.34. The molecule has 0 radical (unpaired) electrons. The number of carbonyl (C=O) groups is 1. The maximum atomic E-state index is 11.8. The molecule has 1 amide bonds. The van der Waals surface area contributed by atoms with E-state index in [9.17, 15) is 13.2 Å². The van der Waals surface area contributed by atoms with E-state index in [0.717, 1.165) is 22.6 Å². The molecule has 0 aromatic carbocycles. The zero-order valence-corrected chi connectivity index (χ0v) is 15.4. The summed E-state index contributed by atoms with van der Waals surface area (Å²) in [6.45, 7) is 5.41. The van der Waals surface area contributed by atoms with Gasteiger partial charge in [-0.05, 0) is 26.3 Å². The van der Waals surface area contributed by atoms with E-state index in [1.54, 1.807) is 0 Å². The summed E-state index contributed by atoms with van der Waals surface area (Å²) in [7, 11) is -2.93. The molecule has 130 valence electrons. The van der Waals surface area contributed by atoms with E-state index in [2.05, 4.69) is 20.4 Å². The number of hydrogen-bond acceptors (Lipinski definition) is 6. The molecule has 2 N–H and O–H groups in total. The first-order chi connectivity index (χ1) is 11.3. The molecule has 1 fully saturated rings. The Balaban J connectivity index is 1.88. The fraction of sp³-hybridized carbons (Fsp3) is 0.467. The lowest BCUT2D eigenvalue weighted by atomic mass is 10.2. The summed E-state index contributed by atoms with van der Waals surface area (Å²) < 4.78 is 25.7. The first-order valence-electron chi connectivity index (χ1n) is 7.64. The van der Waals surface area contributed by atoms with Crippen LogP contribution in [0.1, 0.15) is 30.8 Å². The van der Waals surface area contributed by atoms with Crippen molar-refractivity contribution in [3.63, 3.8) is 0 Å². The molecule has 2 aromatic rings. The molecule has 3 rings (SSSR count). The van der Waals surface area contributed by atoms with E-state index in [1.165, 1.54) is 18.3 Å². The smallest absolute Gasteiger partial charge is 0.235 e. The van der Waals surface area contributed by atoms with Crippen LogP contribution in [0.25, 0.3) is 11.3 Å². The number of amides is 1. The zero-order chi connectivity index (χ0) is 17.5. The van der Waals surface area contributed by atoms with Crippen LogP contribution in [-0.2, 0) is 14.6 Å². The van der Waals surface area contributed by atoms with Crippen LogP contribution in [0.5, 0.6) is 0 Å². The van der Waals surface area contributed by atoms with Crippen molar-refractivity contribution >= 4 is 32.2 Å². The first-order valence-corrected chi connectivity index (χ1v) is 10.3. The van der Waals surface area contributed by atoms with Crippen molar-refractivity contribution in [3.05, 3.63) is 22.8 Å². The molecule has 0 saturated carbocycles. The maximum absolute atomic E-state index is 11.8. The van der Waals surface area contributed by atoms with Crippen molar-refractivity contribution in [2.75, 3.05) is 16.9 Å². The third-order valence-electron chi connectivity index (χ3n) is 4.18. The normalized spacial score (nSPS) is 19.4. The lowest BCUT2D eigenvalue weighted by Crippen LogP contribution is -2.26. The van der Waals surface area contributed by atoms with Crippen molar-refractivity contribution in [2.45, 2.75) is 33.2 Å². The van der Waals surface area contributed by atoms with E-state index < -0.39 is 9.84 Å². The van der Waals surface area contributed by atoms with Crippen molar-refractivity contribution in [3.8, 4) is 11.3 Å². The highest BCUT2D eigenvalue weighted by Gasteiger charge is 2.31. The highest BCUT2D eigenvalue weighted by atomic mass is 32.2. The minimum atomic E-state index is -2.93. The summed E-state index contributed by atoms with van der Waals surface area (Å²) in [6.07, 6.45) is 0.657. The minimum Gasteiger partial charge on any atom is -0.344 e. The molecular formula is C15H20N4O3S2. The number of sulfone groups is 1. The molecule has 2 aromatic heterocycles. The van der Waals surface area contributed by atoms with Crippen LogP contribution in [0.3, 0.4) is 0 Å². The summed E-state index contributed by atoms with van der Waals surface area (Å²) in [5, 5.41) is 2.52. The van der Waals surface area contributed by atoms with Crippen LogP contribution < -0.4 is 10.9 Å². The van der Waals surface area contributed by atoms with Crippen LogP contribution in [0.4, 0.5) is 5.13 Å². The van der Waals surface area contributed by atoms with Gasteiger partial charge in [-0.25, -0.2) is 13.4 Å². The molecule has 0 aliphatic carbocycles. The topological polar surface area (TPSA) is 93.1 Å². The number of thiazole rings is 1. The Kier molecular flexibility index (Phi) is 4.39. The molecule has 9 heteroatoms. The summed E-state index contributed by atoms with van der Waals surface area (Å²) in [5.41, 5.74) is 9.12. The molecular weight excluding hydrogens is 348 g/mol. The molecule has 0 spiro atoms. The van der Waals surface area contributed by atoms with Gasteiger partial charge in [0.05, 0.1) is 17.2 Å². The van der Waals surface area contributed by atoms with Crippen LogP contribution >= 0.6 is 11.3 Å². The fourth-order valence-electron chi connectivity index (χ4n) is 3.17. The van der Waals surface area contributed by atoms with Gasteiger partial charge in [-0.1, -0.05) is 0 Å². The Bertz CT molecular complexity index is 883. The van der Waals surface area contributed by atoms with E-state index in [0.29, 0.717) is 11.6 Å². The standard InChI is InChI=1S/C15H20N4O3S2/c1-9-6-13(14-7-23-15(16-14)18-17-11(3)20)10(2)19(9)12-4-5-24(21,22)8-12/h6-7,12H,4-5,8H2,1-3H3,(H,16,18)(H,17,20)/t12-/m1/s1. The Morgan fingerprint density at radius 3 is 2.79 bits per heavy atom. The van der Waals surface area contributed by atoms with Gasteiger partial charge in [0, 0.05) is 35.3 Å². The minimum absolute atomic E-state index is 0.000592. The van der Waals surface area contributed by atoms with Crippen LogP contribution in [0, 0.1) is 13.8 Å². The third-order valence-corrected chi connectivity index (χ3v) is 6.69. The molecule has 7 nitrogen and oxygen atoms in total. The quantitative estimate of drug-likeness (QED) is 0.806. The Morgan fingerprint density at radius 1 is 1.42 bits per heavy atom. The summed E-state index contributed by atoms with van der Waals surface area (Å²) in [6, 6.07) is 2.04. The molecule has 1 saturated heterocycles. The van der Waals surface area contributed by atoms with Crippen molar-refractivity contribution in [1.82, 2.24) is 15.0 Å². The number of carbonyl (C=O) groups excluding carboxylic acids is 1. The van der Waals surface area contributed by atoms with Crippen molar-refractivity contribution < 1.29 is 13.2 Å². The van der Waals surface area contributed by atoms with E-state index in [4.69, 9.17) is 0 Å². The predicted molar refractivity (Wildman–Crippen MR) is 94.8 cm³/mol. The van der Waals surface area contributed by atoms with E-state index in [1.807, 2.05) is 25.3 Å². The van der Waals surface area contributed by atoms with Crippen LogP contribution in [0.2, 0.25) is 0 Å². The molecule has 0 bridgehead atoms. The summed E-state index contributed by atoms with van der Waals surface area (Å²) in [5.74, 6) is 0.271. The van der Waals surface area contributed by atoms with Gasteiger partial charge in [0.1, 0.15) is 0 Å². The van der Waals surface area contributed by atoms with E-state index in [-0.39, 0.29) is 23.5 Å². The molecule has 1 aliphatic rings. The summed E-state index contributed by atoms with van der Waals surface area (Å²) >= 11 is 1.40. The van der Waals surface area contributed by atoms with Gasteiger partial charge in [-0.15, -0.1) is 11.3 Å². The third kappa shape index (κ3) is 3.32. The maximum Gasteiger partial charge on any atom is 0.235 e. The molecule has 0 unspecified atom stereocenters. The van der Waals surface area contributed by atoms with Crippen molar-refractivity contribution in [2.24, 2.45) is 0 Å². The average Bonchev–Trinajstić information content (AvgIpc) is 3.15. The number of nitrogens with zero attached hydrogens (tertiary/aromatic N) is 2. The first kappa shape index (κ1) is 17.0. The predicted octanol–water partition coefficient (Wildman–Crippen LogP) is 2.05. The van der Waals surface area contributed by atoms with Gasteiger partial charge in [-0.2, -0.15) is 0 Å². The number of anilines is 1. The van der Waals surface area contributed by atoms with Gasteiger partial charge >= 0.3 is 0 Å². The van der Waals surface area contributed by atoms with Crippen LogP contribution in [0.15, 0.2) is 11.4 Å².